The van der Waals surface area contributed by atoms with Crippen molar-refractivity contribution in [1.29, 1.82) is 0 Å². The number of nitrogens with zero attached hydrogens (tertiary/aromatic N) is 3. The SMILES string of the molecule is Cc1ncc(S(=O)(=O)N(C)Cc2cscn2)[nH]1. The molecular weight excluding hydrogens is 260 g/mol. The summed E-state index contributed by atoms with van der Waals surface area (Å²) >= 11 is 1.44. The molecule has 0 saturated carbocycles. The van der Waals surface area contributed by atoms with Crippen LogP contribution >= 0.6 is 11.3 Å². The Kier molecular flexibility index (Phi) is 3.27. The minimum atomic E-state index is -3.51. The predicted octanol–water partition coefficient (Wildman–Crippen LogP) is 0.995. The lowest BCUT2D eigenvalue weighted by atomic mass is 10.5. The van der Waals surface area contributed by atoms with E-state index < -0.39 is 10.0 Å². The van der Waals surface area contributed by atoms with Crippen molar-refractivity contribution in [2.45, 2.75) is 18.5 Å². The molecule has 17 heavy (non-hydrogen) atoms. The van der Waals surface area contributed by atoms with Crippen molar-refractivity contribution in [3.05, 3.63) is 28.6 Å². The summed E-state index contributed by atoms with van der Waals surface area (Å²) in [4.78, 5) is 10.7. The third-order valence-corrected chi connectivity index (χ3v) is 4.58. The van der Waals surface area contributed by atoms with E-state index in [4.69, 9.17) is 0 Å². The van der Waals surface area contributed by atoms with E-state index in [1.807, 2.05) is 5.38 Å². The lowest BCUT2D eigenvalue weighted by molar-refractivity contribution is 0.460. The first-order valence-electron chi connectivity index (χ1n) is 4.85. The van der Waals surface area contributed by atoms with Crippen LogP contribution in [0, 0.1) is 6.92 Å². The van der Waals surface area contributed by atoms with Crippen molar-refractivity contribution in [3.63, 3.8) is 0 Å². The number of imidazole rings is 1. The summed E-state index contributed by atoms with van der Waals surface area (Å²) in [5.74, 6) is 0.575. The lowest BCUT2D eigenvalue weighted by Gasteiger charge is -2.14. The minimum absolute atomic E-state index is 0.104. The number of aryl methyl sites for hydroxylation is 1. The van der Waals surface area contributed by atoms with Gasteiger partial charge in [0.05, 0.1) is 23.9 Å². The van der Waals surface area contributed by atoms with Gasteiger partial charge in [-0.1, -0.05) is 0 Å². The van der Waals surface area contributed by atoms with Gasteiger partial charge < -0.3 is 4.98 Å². The van der Waals surface area contributed by atoms with Crippen molar-refractivity contribution in [1.82, 2.24) is 19.3 Å². The Labute approximate surface area is 103 Å². The highest BCUT2D eigenvalue weighted by Gasteiger charge is 2.23. The van der Waals surface area contributed by atoms with Crippen LogP contribution in [0.25, 0.3) is 0 Å². The molecule has 0 aromatic carbocycles. The second kappa shape index (κ2) is 4.55. The number of aromatic nitrogens is 3. The van der Waals surface area contributed by atoms with Crippen LogP contribution < -0.4 is 0 Å². The highest BCUT2D eigenvalue weighted by molar-refractivity contribution is 7.89. The number of hydrogen-bond acceptors (Lipinski definition) is 5. The quantitative estimate of drug-likeness (QED) is 0.900. The van der Waals surface area contributed by atoms with Crippen LogP contribution in [0.15, 0.2) is 22.1 Å². The van der Waals surface area contributed by atoms with Gasteiger partial charge in [-0.25, -0.2) is 18.4 Å². The van der Waals surface area contributed by atoms with E-state index >= 15 is 0 Å². The molecule has 6 nitrogen and oxygen atoms in total. The number of thiazole rings is 1. The maximum absolute atomic E-state index is 12.1. The van der Waals surface area contributed by atoms with Crippen molar-refractivity contribution in [2.75, 3.05) is 7.05 Å². The van der Waals surface area contributed by atoms with Gasteiger partial charge in [0, 0.05) is 12.4 Å². The second-order valence-electron chi connectivity index (χ2n) is 3.57. The highest BCUT2D eigenvalue weighted by atomic mass is 32.2. The first kappa shape index (κ1) is 12.2. The number of sulfonamides is 1. The van der Waals surface area contributed by atoms with Gasteiger partial charge in [-0.3, -0.25) is 0 Å². The molecule has 0 radical (unpaired) electrons. The van der Waals surface area contributed by atoms with E-state index in [1.165, 1.54) is 28.9 Å². The van der Waals surface area contributed by atoms with Crippen LogP contribution in [0.2, 0.25) is 0 Å². The van der Waals surface area contributed by atoms with Crippen LogP contribution in [0.5, 0.6) is 0 Å². The molecule has 92 valence electrons. The van der Waals surface area contributed by atoms with Gasteiger partial charge in [0.25, 0.3) is 10.0 Å². The maximum Gasteiger partial charge on any atom is 0.260 e. The zero-order valence-electron chi connectivity index (χ0n) is 9.41. The zero-order valence-corrected chi connectivity index (χ0v) is 11.0. The van der Waals surface area contributed by atoms with Crippen LogP contribution in [0.4, 0.5) is 0 Å². The molecule has 8 heteroatoms. The van der Waals surface area contributed by atoms with E-state index in [1.54, 1.807) is 12.4 Å². The molecule has 0 saturated heterocycles. The van der Waals surface area contributed by atoms with Gasteiger partial charge in [0.1, 0.15) is 5.82 Å². The van der Waals surface area contributed by atoms with Crippen molar-refractivity contribution < 1.29 is 8.42 Å². The van der Waals surface area contributed by atoms with E-state index in [2.05, 4.69) is 15.0 Å². The van der Waals surface area contributed by atoms with Gasteiger partial charge >= 0.3 is 0 Å². The van der Waals surface area contributed by atoms with Crippen LogP contribution in [0.1, 0.15) is 11.5 Å². The number of H-pyrrole nitrogens is 1. The summed E-state index contributed by atoms with van der Waals surface area (Å²) in [6.45, 7) is 1.96. The molecule has 0 aliphatic heterocycles. The first-order valence-corrected chi connectivity index (χ1v) is 7.23. The Morgan fingerprint density at radius 2 is 2.24 bits per heavy atom. The van der Waals surface area contributed by atoms with E-state index in [0.717, 1.165) is 5.69 Å². The fraction of sp³-hybridized carbons (Fsp3) is 0.333. The fourth-order valence-corrected chi connectivity index (χ4v) is 2.98. The monoisotopic (exact) mass is 272 g/mol. The highest BCUT2D eigenvalue weighted by Crippen LogP contribution is 2.14. The Bertz CT molecular complexity index is 588. The van der Waals surface area contributed by atoms with Gasteiger partial charge in [-0.15, -0.1) is 11.3 Å². The second-order valence-corrected chi connectivity index (χ2v) is 6.31. The predicted molar refractivity (Wildman–Crippen MR) is 64.1 cm³/mol. The molecule has 0 aliphatic carbocycles. The molecule has 1 N–H and O–H groups in total. The van der Waals surface area contributed by atoms with Crippen molar-refractivity contribution in [3.8, 4) is 0 Å². The number of rotatable bonds is 4. The molecule has 2 heterocycles. The van der Waals surface area contributed by atoms with E-state index in [-0.39, 0.29) is 11.6 Å². The average molecular weight is 272 g/mol. The van der Waals surface area contributed by atoms with Crippen molar-refractivity contribution >= 4 is 21.4 Å². The van der Waals surface area contributed by atoms with Gasteiger partial charge in [0.15, 0.2) is 5.03 Å². The van der Waals surface area contributed by atoms with Crippen LogP contribution in [0.3, 0.4) is 0 Å². The largest absolute Gasteiger partial charge is 0.332 e. The Morgan fingerprint density at radius 1 is 1.47 bits per heavy atom. The molecular formula is C9H12N4O2S2. The maximum atomic E-state index is 12.1. The standard InChI is InChI=1S/C9H12N4O2S2/c1-7-10-3-9(12-7)17(14,15)13(2)4-8-5-16-6-11-8/h3,5-6H,4H2,1-2H3,(H,10,12). The van der Waals surface area contributed by atoms with Crippen LogP contribution in [-0.4, -0.2) is 34.7 Å². The number of aromatic amines is 1. The summed E-state index contributed by atoms with van der Waals surface area (Å²) in [5.41, 5.74) is 2.41. The van der Waals surface area contributed by atoms with Crippen LogP contribution in [-0.2, 0) is 16.6 Å². The van der Waals surface area contributed by atoms with E-state index in [9.17, 15) is 8.42 Å². The molecule has 0 unspecified atom stereocenters. The summed E-state index contributed by atoms with van der Waals surface area (Å²) in [7, 11) is -2.00. The van der Waals surface area contributed by atoms with E-state index in [0.29, 0.717) is 5.82 Å². The Hall–Kier alpha value is -1.25. The first-order chi connectivity index (χ1) is 8.00. The normalized spacial score (nSPS) is 12.2. The molecule has 0 fully saturated rings. The lowest BCUT2D eigenvalue weighted by Crippen LogP contribution is -2.26. The molecule has 0 bridgehead atoms. The topological polar surface area (TPSA) is 79.0 Å². The summed E-state index contributed by atoms with van der Waals surface area (Å²) in [6.07, 6.45) is 1.32. The summed E-state index contributed by atoms with van der Waals surface area (Å²) in [6, 6.07) is 0. The molecule has 2 aromatic heterocycles. The van der Waals surface area contributed by atoms with Gasteiger partial charge in [-0.05, 0) is 6.92 Å². The molecule has 0 amide bonds. The smallest absolute Gasteiger partial charge is 0.260 e. The third-order valence-electron chi connectivity index (χ3n) is 2.24. The zero-order chi connectivity index (χ0) is 12.5. The molecule has 2 aromatic rings. The summed E-state index contributed by atoms with van der Waals surface area (Å²) in [5, 5.41) is 1.93. The molecule has 2 rings (SSSR count). The number of hydrogen-bond donors (Lipinski definition) is 1. The molecule has 0 aliphatic rings. The molecule has 0 atom stereocenters. The average Bonchev–Trinajstić information content (AvgIpc) is 2.89. The Morgan fingerprint density at radius 3 is 2.76 bits per heavy atom. The summed E-state index contributed by atoms with van der Waals surface area (Å²) < 4.78 is 25.4. The Balaban J connectivity index is 2.21. The third kappa shape index (κ3) is 2.54. The fourth-order valence-electron chi connectivity index (χ4n) is 1.33. The number of nitrogens with one attached hydrogen (secondary N) is 1. The minimum Gasteiger partial charge on any atom is -0.332 e. The van der Waals surface area contributed by atoms with Gasteiger partial charge in [0.2, 0.25) is 0 Å². The molecule has 0 spiro atoms. The van der Waals surface area contributed by atoms with Gasteiger partial charge in [-0.2, -0.15) is 4.31 Å². The van der Waals surface area contributed by atoms with Crippen molar-refractivity contribution in [2.24, 2.45) is 0 Å².